The van der Waals surface area contributed by atoms with Gasteiger partial charge in [0, 0.05) is 11.6 Å². The van der Waals surface area contributed by atoms with E-state index in [2.05, 4.69) is 18.7 Å². The first kappa shape index (κ1) is 23.0. The summed E-state index contributed by atoms with van der Waals surface area (Å²) in [5.74, 6) is -0.866. The highest BCUT2D eigenvalue weighted by Gasteiger charge is 2.22. The van der Waals surface area contributed by atoms with Gasteiger partial charge in [-0.2, -0.15) is 0 Å². The van der Waals surface area contributed by atoms with Gasteiger partial charge < -0.3 is 24.6 Å². The Morgan fingerprint density at radius 2 is 1.67 bits per heavy atom. The number of hydrogen-bond acceptors (Lipinski definition) is 5. The maximum atomic E-state index is 11.2. The summed E-state index contributed by atoms with van der Waals surface area (Å²) in [6, 6.07) is 14.5. The van der Waals surface area contributed by atoms with Crippen LogP contribution in [-0.4, -0.2) is 42.2 Å². The molecule has 0 bridgehead atoms. The van der Waals surface area contributed by atoms with Crippen molar-refractivity contribution in [2.45, 2.75) is 38.5 Å². The van der Waals surface area contributed by atoms with Gasteiger partial charge in [-0.3, -0.25) is 0 Å². The lowest BCUT2D eigenvalue weighted by Crippen LogP contribution is -2.39. The van der Waals surface area contributed by atoms with E-state index in [0.717, 1.165) is 12.0 Å². The lowest BCUT2D eigenvalue weighted by molar-refractivity contribution is -0.315. The van der Waals surface area contributed by atoms with E-state index in [4.69, 9.17) is 4.74 Å². The highest BCUT2D eigenvalue weighted by Crippen LogP contribution is 2.35. The van der Waals surface area contributed by atoms with Crippen molar-refractivity contribution in [1.82, 2.24) is 4.90 Å². The Bertz CT molecular complexity index is 750. The second-order valence-electron chi connectivity index (χ2n) is 6.57. The predicted octanol–water partition coefficient (Wildman–Crippen LogP) is 2.67. The van der Waals surface area contributed by atoms with E-state index in [9.17, 15) is 15.0 Å². The fourth-order valence-corrected chi connectivity index (χ4v) is 2.92. The number of rotatable bonds is 8. The molecule has 2 rings (SSSR count). The number of carbonyl (C=O) groups excluding carboxylic acids is 1. The van der Waals surface area contributed by atoms with Crippen molar-refractivity contribution in [1.29, 1.82) is 0 Å². The first-order valence-corrected chi connectivity index (χ1v) is 8.77. The number of halogens is 1. The van der Waals surface area contributed by atoms with Crippen LogP contribution < -0.4 is 9.84 Å². The summed E-state index contributed by atoms with van der Waals surface area (Å²) in [4.78, 5) is 13.3. The largest absolute Gasteiger partial charge is 0.547 e. The van der Waals surface area contributed by atoms with Gasteiger partial charge in [-0.1, -0.05) is 49.4 Å². The standard InChI is InChI=1S/C21H27NO4.ClH/c1-5-18(14(2)22(3)4)26-19-13-9-8-11-16(19)15-10-6-7-12-17(15)20(23)21(24)25;/h6-14,18,20,23H,5H2,1-4H3,(H,24,25);1H/p-1. The van der Waals surface area contributed by atoms with Crippen molar-refractivity contribution >= 4 is 18.4 Å². The Hall–Kier alpha value is -2.08. The van der Waals surface area contributed by atoms with E-state index in [1.165, 1.54) is 0 Å². The molecule has 0 aromatic heterocycles. The number of para-hydroxylation sites is 1. The normalized spacial score (nSPS) is 14.1. The molecule has 0 aliphatic rings. The second-order valence-corrected chi connectivity index (χ2v) is 6.57. The Morgan fingerprint density at radius 1 is 1.11 bits per heavy atom. The topological polar surface area (TPSA) is 72.8 Å². The smallest absolute Gasteiger partial charge is 0.127 e. The third-order valence-electron chi connectivity index (χ3n) is 4.69. The molecule has 0 aliphatic carbocycles. The molecule has 0 saturated carbocycles. The first-order chi connectivity index (χ1) is 12.4. The summed E-state index contributed by atoms with van der Waals surface area (Å²) < 4.78 is 6.28. The molecule has 3 atom stereocenters. The molecule has 0 aliphatic heterocycles. The van der Waals surface area contributed by atoms with Crippen LogP contribution in [0.2, 0.25) is 0 Å². The van der Waals surface area contributed by atoms with Gasteiger partial charge in [-0.05, 0) is 44.6 Å². The van der Waals surface area contributed by atoms with Crippen molar-refractivity contribution < 1.29 is 19.7 Å². The van der Waals surface area contributed by atoms with Crippen LogP contribution in [0.15, 0.2) is 48.5 Å². The molecular weight excluding hydrogens is 366 g/mol. The minimum absolute atomic E-state index is 0. The van der Waals surface area contributed by atoms with Crippen LogP contribution in [0, 0.1) is 0 Å². The van der Waals surface area contributed by atoms with Crippen molar-refractivity contribution in [3.8, 4) is 16.9 Å². The van der Waals surface area contributed by atoms with Crippen molar-refractivity contribution in [3.63, 3.8) is 0 Å². The molecule has 0 fully saturated rings. The minimum Gasteiger partial charge on any atom is -0.547 e. The SMILES string of the molecule is CCC(Oc1ccccc1-c1ccccc1C(O)C(=O)[O-])C(C)N(C)C.Cl. The number of likely N-dealkylation sites (N-methyl/N-ethyl adjacent to an activating group) is 1. The van der Waals surface area contributed by atoms with Gasteiger partial charge in [0.1, 0.15) is 18.0 Å². The number of carbonyl (C=O) groups is 1. The number of aliphatic hydroxyl groups excluding tert-OH is 1. The van der Waals surface area contributed by atoms with Gasteiger partial charge in [0.25, 0.3) is 0 Å². The van der Waals surface area contributed by atoms with Crippen molar-refractivity contribution in [2.75, 3.05) is 14.1 Å². The van der Waals surface area contributed by atoms with Gasteiger partial charge in [0.2, 0.25) is 0 Å². The zero-order chi connectivity index (χ0) is 19.3. The highest BCUT2D eigenvalue weighted by atomic mass is 35.5. The highest BCUT2D eigenvalue weighted by molar-refractivity contribution is 5.85. The van der Waals surface area contributed by atoms with E-state index < -0.39 is 12.1 Å². The maximum absolute atomic E-state index is 11.2. The van der Waals surface area contributed by atoms with Gasteiger partial charge in [0.05, 0.1) is 5.97 Å². The number of aliphatic hydroxyl groups is 1. The number of carboxylic acids is 1. The lowest BCUT2D eigenvalue weighted by Gasteiger charge is -2.30. The maximum Gasteiger partial charge on any atom is 0.127 e. The number of aliphatic carboxylic acids is 1. The first-order valence-electron chi connectivity index (χ1n) is 8.77. The minimum atomic E-state index is -1.69. The van der Waals surface area contributed by atoms with E-state index >= 15 is 0 Å². The zero-order valence-corrected chi connectivity index (χ0v) is 16.9. The molecule has 0 heterocycles. The Morgan fingerprint density at radius 3 is 2.22 bits per heavy atom. The van der Waals surface area contributed by atoms with E-state index in [1.54, 1.807) is 24.3 Å². The second kappa shape index (κ2) is 10.3. The molecule has 2 aromatic rings. The van der Waals surface area contributed by atoms with Crippen molar-refractivity contribution in [2.24, 2.45) is 0 Å². The Labute approximate surface area is 167 Å². The Balaban J connectivity index is 0.00000364. The van der Waals surface area contributed by atoms with Crippen LogP contribution in [0.5, 0.6) is 5.75 Å². The van der Waals surface area contributed by atoms with Gasteiger partial charge in [-0.25, -0.2) is 0 Å². The fraction of sp³-hybridized carbons (Fsp3) is 0.381. The molecule has 3 unspecified atom stereocenters. The summed E-state index contributed by atoms with van der Waals surface area (Å²) in [6.07, 6.45) is -0.886. The van der Waals surface area contributed by atoms with E-state index in [-0.39, 0.29) is 30.1 Å². The molecule has 5 nitrogen and oxygen atoms in total. The van der Waals surface area contributed by atoms with Gasteiger partial charge in [-0.15, -0.1) is 12.4 Å². The third kappa shape index (κ3) is 5.45. The quantitative estimate of drug-likeness (QED) is 0.747. The number of ether oxygens (including phenoxy) is 1. The summed E-state index contributed by atoms with van der Waals surface area (Å²) in [6.45, 7) is 4.17. The summed E-state index contributed by atoms with van der Waals surface area (Å²) >= 11 is 0. The number of nitrogens with zero attached hydrogens (tertiary/aromatic N) is 1. The van der Waals surface area contributed by atoms with Gasteiger partial charge in [0.15, 0.2) is 0 Å². The molecule has 27 heavy (non-hydrogen) atoms. The van der Waals surface area contributed by atoms with Crippen molar-refractivity contribution in [3.05, 3.63) is 54.1 Å². The molecular formula is C21H27ClNO4-. The summed E-state index contributed by atoms with van der Waals surface area (Å²) in [5.41, 5.74) is 1.65. The third-order valence-corrected chi connectivity index (χ3v) is 4.69. The molecule has 148 valence electrons. The number of benzene rings is 2. The zero-order valence-electron chi connectivity index (χ0n) is 16.1. The van der Waals surface area contributed by atoms with Crippen LogP contribution in [0.1, 0.15) is 31.9 Å². The molecule has 0 spiro atoms. The molecule has 0 saturated heterocycles. The number of carboxylic acid groups (broad SMARTS) is 1. The number of hydrogen-bond donors (Lipinski definition) is 1. The predicted molar refractivity (Wildman–Crippen MR) is 107 cm³/mol. The molecule has 6 heteroatoms. The van der Waals surface area contributed by atoms with Crippen LogP contribution in [0.25, 0.3) is 11.1 Å². The molecule has 1 N–H and O–H groups in total. The average Bonchev–Trinajstić information content (AvgIpc) is 2.65. The van der Waals surface area contributed by atoms with Crippen LogP contribution in [0.4, 0.5) is 0 Å². The summed E-state index contributed by atoms with van der Waals surface area (Å²) in [5, 5.41) is 21.2. The fourth-order valence-electron chi connectivity index (χ4n) is 2.92. The lowest BCUT2D eigenvalue weighted by atomic mass is 9.95. The molecule has 0 amide bonds. The average molecular weight is 393 g/mol. The molecule has 0 radical (unpaired) electrons. The van der Waals surface area contributed by atoms with Crippen LogP contribution in [0.3, 0.4) is 0 Å². The van der Waals surface area contributed by atoms with E-state index in [1.807, 2.05) is 38.4 Å². The monoisotopic (exact) mass is 392 g/mol. The van der Waals surface area contributed by atoms with E-state index in [0.29, 0.717) is 11.3 Å². The Kier molecular flexibility index (Phi) is 8.76. The molecule has 2 aromatic carbocycles. The van der Waals surface area contributed by atoms with Gasteiger partial charge >= 0.3 is 0 Å². The van der Waals surface area contributed by atoms with Crippen LogP contribution >= 0.6 is 12.4 Å². The van der Waals surface area contributed by atoms with Crippen LogP contribution in [-0.2, 0) is 4.79 Å². The summed E-state index contributed by atoms with van der Waals surface area (Å²) in [7, 11) is 4.02.